The number of aromatic nitrogens is 1. The van der Waals surface area contributed by atoms with E-state index < -0.39 is 10.0 Å². The molecule has 0 saturated carbocycles. The van der Waals surface area contributed by atoms with Crippen LogP contribution in [0.5, 0.6) is 5.75 Å². The fourth-order valence-electron chi connectivity index (χ4n) is 4.70. The number of hydrogen-bond donors (Lipinski definition) is 0. The molecule has 0 bridgehead atoms. The number of methoxy groups -OCH3 is 1. The second-order valence-electron chi connectivity index (χ2n) is 11.8. The lowest BCUT2D eigenvalue weighted by atomic mass is 9.91. The number of carbonyl (C=O) groups excluding carboxylic acids is 1. The van der Waals surface area contributed by atoms with E-state index in [1.165, 1.54) is 4.31 Å². The van der Waals surface area contributed by atoms with Gasteiger partial charge in [-0.05, 0) is 55.9 Å². The maximum absolute atomic E-state index is 14.0. The number of furan rings is 1. The lowest BCUT2D eigenvalue weighted by Crippen LogP contribution is -2.39. The minimum Gasteiger partial charge on any atom is -0.496 e. The van der Waals surface area contributed by atoms with Gasteiger partial charge in [0, 0.05) is 48.8 Å². The Bertz CT molecular complexity index is 1390. The molecule has 0 unspecified atom stereocenters. The van der Waals surface area contributed by atoms with Gasteiger partial charge < -0.3 is 14.1 Å². The summed E-state index contributed by atoms with van der Waals surface area (Å²) in [6, 6.07) is 6.63. The first kappa shape index (κ1) is 30.6. The first-order valence-corrected chi connectivity index (χ1v) is 14.9. The van der Waals surface area contributed by atoms with Gasteiger partial charge in [0.15, 0.2) is 0 Å². The number of fused-ring (bicyclic) bond motifs is 1. The molecule has 9 heteroatoms. The Balaban J connectivity index is 1.91. The van der Waals surface area contributed by atoms with Crippen LogP contribution in [0.4, 0.5) is 0 Å². The van der Waals surface area contributed by atoms with Gasteiger partial charge in [0.25, 0.3) is 0 Å². The molecule has 0 atom stereocenters. The molecule has 0 N–H and O–H groups in total. The van der Waals surface area contributed by atoms with Gasteiger partial charge in [0.1, 0.15) is 11.3 Å². The molecule has 0 spiro atoms. The predicted octanol–water partition coefficient (Wildman–Crippen LogP) is 5.96. The van der Waals surface area contributed by atoms with Crippen molar-refractivity contribution in [1.82, 2.24) is 14.2 Å². The van der Waals surface area contributed by atoms with Crippen LogP contribution in [-0.2, 0) is 21.4 Å². The average Bonchev–Trinajstić information content (AvgIpc) is 3.31. The zero-order chi connectivity index (χ0) is 29.0. The van der Waals surface area contributed by atoms with Crippen molar-refractivity contribution < 1.29 is 22.4 Å². The Kier molecular flexibility index (Phi) is 9.83. The minimum atomic E-state index is -3.88. The molecule has 2 heterocycles. The molecule has 0 radical (unpaired) electrons. The lowest BCUT2D eigenvalue weighted by molar-refractivity contribution is -0.133. The summed E-state index contributed by atoms with van der Waals surface area (Å²) >= 11 is 0. The van der Waals surface area contributed by atoms with Crippen molar-refractivity contribution in [2.24, 2.45) is 11.3 Å². The number of ether oxygens (including phenoxy) is 1. The Morgan fingerprint density at radius 2 is 1.85 bits per heavy atom. The van der Waals surface area contributed by atoms with Gasteiger partial charge in [0.05, 0.1) is 30.5 Å². The molecule has 0 aliphatic rings. The molecule has 1 aromatic carbocycles. The smallest absolute Gasteiger partial charge is 0.243 e. The largest absolute Gasteiger partial charge is 0.496 e. The van der Waals surface area contributed by atoms with Gasteiger partial charge >= 0.3 is 0 Å². The summed E-state index contributed by atoms with van der Waals surface area (Å²) in [5.41, 5.74) is 2.84. The molecular weight excluding hydrogens is 514 g/mol. The van der Waals surface area contributed by atoms with Gasteiger partial charge in [-0.2, -0.15) is 4.31 Å². The standard InChI is InChI=1S/C30H43N3O5S/c1-21(2)19-32(28(34)17-30(5,6)7)13-9-14-33(20-26-23(4)29(37-8)22(3)18-31-26)39(35,36)25-10-11-27-24(16-25)12-15-38-27/h10-12,15-16,18,21H,9,13-14,17,19-20H2,1-8H3. The second kappa shape index (κ2) is 12.5. The van der Waals surface area contributed by atoms with E-state index in [1.807, 2.05) is 18.7 Å². The number of benzene rings is 1. The molecule has 1 amide bonds. The van der Waals surface area contributed by atoms with Gasteiger partial charge in [-0.1, -0.05) is 34.6 Å². The summed E-state index contributed by atoms with van der Waals surface area (Å²) < 4.78 is 40.4. The van der Waals surface area contributed by atoms with E-state index in [2.05, 4.69) is 39.6 Å². The van der Waals surface area contributed by atoms with E-state index in [1.54, 1.807) is 43.8 Å². The summed E-state index contributed by atoms with van der Waals surface area (Å²) in [7, 11) is -2.27. The topological polar surface area (TPSA) is 93.0 Å². The first-order chi connectivity index (χ1) is 18.2. The SMILES string of the molecule is COc1c(C)cnc(CN(CCCN(CC(C)C)C(=O)CC(C)(C)C)S(=O)(=O)c2ccc3occc3c2)c1C. The quantitative estimate of drug-likeness (QED) is 0.273. The molecule has 0 saturated heterocycles. The Hall–Kier alpha value is -2.91. The summed E-state index contributed by atoms with van der Waals surface area (Å²) in [6.45, 7) is 15.6. The molecule has 0 fully saturated rings. The summed E-state index contributed by atoms with van der Waals surface area (Å²) in [6.07, 6.45) is 4.19. The summed E-state index contributed by atoms with van der Waals surface area (Å²) in [4.78, 5) is 19.7. The molecule has 0 aliphatic heterocycles. The summed E-state index contributed by atoms with van der Waals surface area (Å²) in [5, 5.41) is 0.721. The Morgan fingerprint density at radius 1 is 1.13 bits per heavy atom. The second-order valence-corrected chi connectivity index (χ2v) is 13.8. The van der Waals surface area contributed by atoms with Gasteiger partial charge in [0.2, 0.25) is 15.9 Å². The van der Waals surface area contributed by atoms with E-state index in [0.29, 0.717) is 48.9 Å². The Morgan fingerprint density at radius 3 is 2.49 bits per heavy atom. The third-order valence-corrected chi connectivity index (χ3v) is 8.43. The fraction of sp³-hybridized carbons (Fsp3) is 0.533. The van der Waals surface area contributed by atoms with Crippen LogP contribution >= 0.6 is 0 Å². The van der Waals surface area contributed by atoms with Crippen LogP contribution in [0, 0.1) is 25.2 Å². The maximum atomic E-state index is 14.0. The van der Waals surface area contributed by atoms with Gasteiger partial charge in [-0.3, -0.25) is 9.78 Å². The minimum absolute atomic E-state index is 0.0916. The number of pyridine rings is 1. The van der Waals surface area contributed by atoms with E-state index in [-0.39, 0.29) is 29.3 Å². The van der Waals surface area contributed by atoms with Crippen molar-refractivity contribution in [2.75, 3.05) is 26.7 Å². The monoisotopic (exact) mass is 557 g/mol. The van der Waals surface area contributed by atoms with E-state index in [4.69, 9.17) is 9.15 Å². The molecule has 39 heavy (non-hydrogen) atoms. The first-order valence-electron chi connectivity index (χ1n) is 13.5. The molecule has 3 aromatic rings. The fourth-order valence-corrected chi connectivity index (χ4v) is 6.17. The molecule has 0 aliphatic carbocycles. The van der Waals surface area contributed by atoms with Crippen molar-refractivity contribution >= 4 is 26.9 Å². The van der Waals surface area contributed by atoms with Crippen molar-refractivity contribution in [3.8, 4) is 5.75 Å². The van der Waals surface area contributed by atoms with E-state index in [0.717, 1.165) is 16.5 Å². The average molecular weight is 558 g/mol. The molecular formula is C30H43N3O5S. The number of sulfonamides is 1. The number of nitrogens with zero attached hydrogens (tertiary/aromatic N) is 3. The van der Waals surface area contributed by atoms with Crippen LogP contribution in [-0.4, -0.2) is 55.3 Å². The van der Waals surface area contributed by atoms with Crippen LogP contribution in [0.15, 0.2) is 46.0 Å². The van der Waals surface area contributed by atoms with Crippen LogP contribution in [0.3, 0.4) is 0 Å². The molecule has 8 nitrogen and oxygen atoms in total. The highest BCUT2D eigenvalue weighted by Crippen LogP contribution is 2.28. The molecule has 214 valence electrons. The van der Waals surface area contributed by atoms with Crippen molar-refractivity contribution in [2.45, 2.75) is 72.7 Å². The van der Waals surface area contributed by atoms with Crippen LogP contribution < -0.4 is 4.74 Å². The van der Waals surface area contributed by atoms with E-state index >= 15 is 0 Å². The number of hydrogen-bond acceptors (Lipinski definition) is 6. The molecule has 2 aromatic heterocycles. The zero-order valence-corrected chi connectivity index (χ0v) is 25.4. The molecule has 3 rings (SSSR count). The Labute approximate surface area is 233 Å². The predicted molar refractivity (Wildman–Crippen MR) is 154 cm³/mol. The maximum Gasteiger partial charge on any atom is 0.243 e. The van der Waals surface area contributed by atoms with Gasteiger partial charge in [-0.15, -0.1) is 0 Å². The third-order valence-electron chi connectivity index (χ3n) is 6.59. The highest BCUT2D eigenvalue weighted by atomic mass is 32.2. The number of aryl methyl sites for hydroxylation is 1. The number of carbonyl (C=O) groups is 1. The highest BCUT2D eigenvalue weighted by Gasteiger charge is 2.28. The number of rotatable bonds is 12. The van der Waals surface area contributed by atoms with Crippen LogP contribution in [0.2, 0.25) is 0 Å². The van der Waals surface area contributed by atoms with Crippen molar-refractivity contribution in [3.05, 3.63) is 53.5 Å². The van der Waals surface area contributed by atoms with Crippen LogP contribution in [0.25, 0.3) is 11.0 Å². The third kappa shape index (κ3) is 7.82. The van der Waals surface area contributed by atoms with Crippen molar-refractivity contribution in [3.63, 3.8) is 0 Å². The van der Waals surface area contributed by atoms with E-state index in [9.17, 15) is 13.2 Å². The number of amides is 1. The lowest BCUT2D eigenvalue weighted by Gasteiger charge is -2.29. The zero-order valence-electron chi connectivity index (χ0n) is 24.6. The van der Waals surface area contributed by atoms with Crippen LogP contribution in [0.1, 0.15) is 64.3 Å². The van der Waals surface area contributed by atoms with Gasteiger partial charge in [-0.25, -0.2) is 8.42 Å². The van der Waals surface area contributed by atoms with Crippen molar-refractivity contribution in [1.29, 1.82) is 0 Å². The normalized spacial score (nSPS) is 12.5. The highest BCUT2D eigenvalue weighted by molar-refractivity contribution is 7.89. The summed E-state index contributed by atoms with van der Waals surface area (Å²) in [5.74, 6) is 1.10.